The van der Waals surface area contributed by atoms with E-state index in [1.165, 1.54) is 0 Å². The molecule has 22 heavy (non-hydrogen) atoms. The van der Waals surface area contributed by atoms with Gasteiger partial charge in [0, 0.05) is 14.2 Å². The van der Waals surface area contributed by atoms with E-state index in [0.717, 1.165) is 0 Å². The largest absolute Gasteiger partial charge is 0.382 e. The van der Waals surface area contributed by atoms with Gasteiger partial charge in [-0.1, -0.05) is 0 Å². The number of hydrogen-bond acceptors (Lipinski definition) is 7. The van der Waals surface area contributed by atoms with E-state index in [-0.39, 0.29) is 13.2 Å². The third kappa shape index (κ3) is 9.90. The Bertz CT molecular complexity index is 284. The molecule has 0 spiro atoms. The summed E-state index contributed by atoms with van der Waals surface area (Å²) in [6, 6.07) is 0. The molecule has 0 saturated heterocycles. The highest BCUT2D eigenvalue weighted by atomic mass is 31.2. The van der Waals surface area contributed by atoms with Crippen LogP contribution in [0, 0.1) is 0 Å². The molecule has 134 valence electrons. The van der Waals surface area contributed by atoms with E-state index in [1.54, 1.807) is 14.2 Å². The molecular formula is C14H31O7P. The van der Waals surface area contributed by atoms with E-state index in [0.29, 0.717) is 39.6 Å². The summed E-state index contributed by atoms with van der Waals surface area (Å²) >= 11 is 0. The van der Waals surface area contributed by atoms with E-state index in [4.69, 9.17) is 28.0 Å². The molecule has 0 N–H and O–H groups in total. The van der Waals surface area contributed by atoms with Crippen LogP contribution in [0.2, 0.25) is 0 Å². The first kappa shape index (κ1) is 22.0. The molecule has 7 nitrogen and oxygen atoms in total. The Morgan fingerprint density at radius 1 is 0.682 bits per heavy atom. The monoisotopic (exact) mass is 342 g/mol. The molecule has 0 atom stereocenters. The Hall–Kier alpha value is -0.0100. The van der Waals surface area contributed by atoms with E-state index < -0.39 is 12.8 Å². The molecule has 0 rings (SSSR count). The van der Waals surface area contributed by atoms with Gasteiger partial charge in [-0.3, -0.25) is 4.57 Å². The smallest absolute Gasteiger partial charge is 0.336 e. The summed E-state index contributed by atoms with van der Waals surface area (Å²) in [5, 5.41) is -0.605. The van der Waals surface area contributed by atoms with Crippen LogP contribution in [-0.2, 0) is 32.6 Å². The van der Waals surface area contributed by atoms with Crippen molar-refractivity contribution in [1.29, 1.82) is 0 Å². The summed E-state index contributed by atoms with van der Waals surface area (Å²) in [6.07, 6.45) is 0. The van der Waals surface area contributed by atoms with Crippen LogP contribution in [0.5, 0.6) is 0 Å². The van der Waals surface area contributed by atoms with Crippen molar-refractivity contribution in [3.63, 3.8) is 0 Å². The van der Waals surface area contributed by atoms with Crippen LogP contribution < -0.4 is 0 Å². The van der Waals surface area contributed by atoms with Gasteiger partial charge in [0.05, 0.1) is 58.0 Å². The highest BCUT2D eigenvalue weighted by molar-refractivity contribution is 7.55. The molecule has 0 saturated carbocycles. The second kappa shape index (κ2) is 12.4. The highest BCUT2D eigenvalue weighted by Gasteiger charge is 2.39. The number of methoxy groups -OCH3 is 2. The third-order valence-corrected chi connectivity index (χ3v) is 5.35. The van der Waals surface area contributed by atoms with E-state index >= 15 is 0 Å². The molecule has 0 aromatic carbocycles. The summed E-state index contributed by atoms with van der Waals surface area (Å²) in [6.45, 7) is 8.59. The van der Waals surface area contributed by atoms with Gasteiger partial charge in [0.1, 0.15) is 0 Å². The molecule has 0 radical (unpaired) electrons. The maximum Gasteiger partial charge on any atom is 0.336 e. The number of ether oxygens (including phenoxy) is 4. The van der Waals surface area contributed by atoms with Crippen LogP contribution in [0.15, 0.2) is 0 Å². The summed E-state index contributed by atoms with van der Waals surface area (Å²) in [7, 11) is -0.0221. The van der Waals surface area contributed by atoms with Gasteiger partial charge in [-0.25, -0.2) is 0 Å². The SMILES string of the molecule is COCCOCCOP(=O)(OCCOCCOC)C(C)(C)C. The van der Waals surface area contributed by atoms with Crippen molar-refractivity contribution >= 4 is 7.60 Å². The minimum absolute atomic E-state index is 0.211. The van der Waals surface area contributed by atoms with Crippen LogP contribution >= 0.6 is 7.60 Å². The predicted octanol–water partition coefficient (Wildman–Crippen LogP) is 2.34. The number of hydrogen-bond donors (Lipinski definition) is 0. The zero-order valence-corrected chi connectivity index (χ0v) is 15.4. The summed E-state index contributed by atoms with van der Waals surface area (Å²) in [5.74, 6) is 0. The molecule has 0 aromatic heterocycles. The lowest BCUT2D eigenvalue weighted by molar-refractivity contribution is 0.0386. The third-order valence-electron chi connectivity index (χ3n) is 2.66. The minimum atomic E-state index is -3.24. The Kier molecular flexibility index (Phi) is 12.4. The van der Waals surface area contributed by atoms with Gasteiger partial charge in [-0.05, 0) is 20.8 Å². The normalized spacial score (nSPS) is 12.8. The van der Waals surface area contributed by atoms with Crippen molar-refractivity contribution in [3.8, 4) is 0 Å². The molecule has 0 heterocycles. The molecule has 0 fully saturated rings. The van der Waals surface area contributed by atoms with Gasteiger partial charge in [-0.2, -0.15) is 0 Å². The molecule has 0 unspecified atom stereocenters. The average Bonchev–Trinajstić information content (AvgIpc) is 2.45. The fourth-order valence-electron chi connectivity index (χ4n) is 1.35. The van der Waals surface area contributed by atoms with Crippen LogP contribution in [0.4, 0.5) is 0 Å². The van der Waals surface area contributed by atoms with Crippen molar-refractivity contribution in [3.05, 3.63) is 0 Å². The van der Waals surface area contributed by atoms with Gasteiger partial charge in [-0.15, -0.1) is 0 Å². The number of rotatable bonds is 14. The molecule has 0 aliphatic rings. The van der Waals surface area contributed by atoms with Crippen LogP contribution in [0.25, 0.3) is 0 Å². The van der Waals surface area contributed by atoms with Gasteiger partial charge >= 0.3 is 7.60 Å². The second-order valence-corrected chi connectivity index (χ2v) is 8.40. The average molecular weight is 342 g/mol. The molecule has 0 aromatic rings. The first-order valence-electron chi connectivity index (χ1n) is 7.40. The molecule has 8 heteroatoms. The van der Waals surface area contributed by atoms with Gasteiger partial charge in [0.25, 0.3) is 0 Å². The van der Waals surface area contributed by atoms with Gasteiger partial charge in [0.2, 0.25) is 0 Å². The van der Waals surface area contributed by atoms with E-state index in [9.17, 15) is 4.57 Å². The fourth-order valence-corrected chi connectivity index (χ4v) is 2.82. The highest BCUT2D eigenvalue weighted by Crippen LogP contribution is 2.59. The predicted molar refractivity (Wildman–Crippen MR) is 84.7 cm³/mol. The lowest BCUT2D eigenvalue weighted by atomic mass is 10.3. The zero-order valence-electron chi connectivity index (χ0n) is 14.5. The Morgan fingerprint density at radius 3 is 1.36 bits per heavy atom. The van der Waals surface area contributed by atoms with Gasteiger partial charge in [0.15, 0.2) is 0 Å². The molecule has 0 amide bonds. The standard InChI is InChI=1S/C14H31O7P/c1-14(2,3)22(15,20-12-10-18-8-6-16-4)21-13-11-19-9-7-17-5/h6-13H2,1-5H3. The molecular weight excluding hydrogens is 311 g/mol. The van der Waals surface area contributed by atoms with Crippen LogP contribution in [-0.4, -0.2) is 72.2 Å². The first-order valence-corrected chi connectivity index (χ1v) is 8.94. The van der Waals surface area contributed by atoms with E-state index in [1.807, 2.05) is 20.8 Å². The lowest BCUT2D eigenvalue weighted by Gasteiger charge is -2.29. The fraction of sp³-hybridized carbons (Fsp3) is 1.00. The Labute approximate surface area is 134 Å². The summed E-state index contributed by atoms with van der Waals surface area (Å²) < 4.78 is 44.1. The second-order valence-electron chi connectivity index (χ2n) is 5.55. The van der Waals surface area contributed by atoms with Crippen molar-refractivity contribution in [2.75, 3.05) is 67.1 Å². The molecule has 0 aliphatic heterocycles. The van der Waals surface area contributed by atoms with Crippen molar-refractivity contribution in [1.82, 2.24) is 0 Å². The van der Waals surface area contributed by atoms with Crippen LogP contribution in [0.1, 0.15) is 20.8 Å². The molecule has 0 aliphatic carbocycles. The summed E-state index contributed by atoms with van der Waals surface area (Å²) in [5.41, 5.74) is 0. The maximum atomic E-state index is 12.8. The van der Waals surface area contributed by atoms with Gasteiger partial charge < -0.3 is 28.0 Å². The van der Waals surface area contributed by atoms with Crippen molar-refractivity contribution in [2.45, 2.75) is 25.9 Å². The zero-order chi connectivity index (χ0) is 16.9. The van der Waals surface area contributed by atoms with E-state index in [2.05, 4.69) is 0 Å². The molecule has 0 bridgehead atoms. The minimum Gasteiger partial charge on any atom is -0.382 e. The quantitative estimate of drug-likeness (QED) is 0.354. The van der Waals surface area contributed by atoms with Crippen molar-refractivity contribution in [2.24, 2.45) is 0 Å². The summed E-state index contributed by atoms with van der Waals surface area (Å²) in [4.78, 5) is 0. The van der Waals surface area contributed by atoms with Crippen LogP contribution in [0.3, 0.4) is 0 Å². The lowest BCUT2D eigenvalue weighted by Crippen LogP contribution is -2.22. The van der Waals surface area contributed by atoms with Crippen molar-refractivity contribution < 1.29 is 32.6 Å². The Morgan fingerprint density at radius 2 is 1.05 bits per heavy atom. The topological polar surface area (TPSA) is 72.5 Å². The maximum absolute atomic E-state index is 12.8. The first-order chi connectivity index (χ1) is 10.4. The Balaban J connectivity index is 4.06.